The number of furan rings is 1. The van der Waals surface area contributed by atoms with E-state index in [0.717, 1.165) is 54.7 Å². The van der Waals surface area contributed by atoms with Gasteiger partial charge in [0, 0.05) is 43.7 Å². The largest absolute Gasteiger partial charge is 0.467 e. The number of amides is 1. The van der Waals surface area contributed by atoms with Gasteiger partial charge in [-0.3, -0.25) is 9.69 Å². The summed E-state index contributed by atoms with van der Waals surface area (Å²) in [7, 11) is 2.18. The zero-order valence-electron chi connectivity index (χ0n) is 16.6. The van der Waals surface area contributed by atoms with Crippen molar-refractivity contribution in [2.75, 3.05) is 33.2 Å². The number of benzene rings is 1. The first-order chi connectivity index (χ1) is 14.2. The molecular weight excluding hydrogens is 384 g/mol. The number of carbonyl (C=O) groups excluding carboxylic acids is 1. The Labute approximate surface area is 175 Å². The van der Waals surface area contributed by atoms with Crippen LogP contribution in [0.2, 0.25) is 0 Å². The summed E-state index contributed by atoms with van der Waals surface area (Å²) in [6.45, 7) is 5.83. The van der Waals surface area contributed by atoms with Crippen LogP contribution < -0.4 is 5.32 Å². The highest BCUT2D eigenvalue weighted by Gasteiger charge is 2.15. The molecule has 1 aromatic carbocycles. The maximum atomic E-state index is 12.2. The number of nitrogens with one attached hydrogen (secondary N) is 1. The Kier molecular flexibility index (Phi) is 6.39. The van der Waals surface area contributed by atoms with Gasteiger partial charge in [0.2, 0.25) is 5.91 Å². The lowest BCUT2D eigenvalue weighted by Gasteiger charge is -2.32. The van der Waals surface area contributed by atoms with Gasteiger partial charge in [0.05, 0.1) is 24.9 Å². The maximum Gasteiger partial charge on any atom is 0.226 e. The van der Waals surface area contributed by atoms with Gasteiger partial charge in [0.1, 0.15) is 10.8 Å². The van der Waals surface area contributed by atoms with Gasteiger partial charge >= 0.3 is 0 Å². The summed E-state index contributed by atoms with van der Waals surface area (Å²) in [4.78, 5) is 21.7. The van der Waals surface area contributed by atoms with Crippen LogP contribution in [-0.2, 0) is 24.3 Å². The minimum atomic E-state index is -0.0536. The highest BCUT2D eigenvalue weighted by atomic mass is 32.1. The fourth-order valence-electron chi connectivity index (χ4n) is 3.41. The molecule has 1 saturated heterocycles. The van der Waals surface area contributed by atoms with Crippen LogP contribution in [0.1, 0.15) is 17.0 Å². The second-order valence-corrected chi connectivity index (χ2v) is 8.31. The number of aromatic nitrogens is 1. The maximum absolute atomic E-state index is 12.2. The van der Waals surface area contributed by atoms with Crippen molar-refractivity contribution in [1.29, 1.82) is 0 Å². The molecule has 1 aliphatic rings. The molecule has 4 rings (SSSR count). The van der Waals surface area contributed by atoms with Gasteiger partial charge in [-0.1, -0.05) is 18.2 Å². The molecule has 0 atom stereocenters. The summed E-state index contributed by atoms with van der Waals surface area (Å²) in [6, 6.07) is 12.2. The molecule has 152 valence electrons. The third-order valence-electron chi connectivity index (χ3n) is 5.11. The molecule has 3 aromatic rings. The summed E-state index contributed by atoms with van der Waals surface area (Å²) in [5.41, 5.74) is 3.22. The van der Waals surface area contributed by atoms with E-state index in [0.29, 0.717) is 6.54 Å². The van der Waals surface area contributed by atoms with E-state index in [1.165, 1.54) is 5.56 Å². The van der Waals surface area contributed by atoms with Gasteiger partial charge in [-0.2, -0.15) is 0 Å². The van der Waals surface area contributed by atoms with Gasteiger partial charge in [0.25, 0.3) is 0 Å². The van der Waals surface area contributed by atoms with E-state index in [2.05, 4.69) is 51.4 Å². The third-order valence-corrected chi connectivity index (χ3v) is 6.05. The number of likely N-dealkylation sites (N-methyl/N-ethyl adjacent to an activating group) is 1. The van der Waals surface area contributed by atoms with Crippen molar-refractivity contribution in [3.05, 3.63) is 65.1 Å². The summed E-state index contributed by atoms with van der Waals surface area (Å²) in [5.74, 6) is 0.691. The monoisotopic (exact) mass is 410 g/mol. The van der Waals surface area contributed by atoms with Crippen LogP contribution >= 0.6 is 11.3 Å². The molecule has 0 aliphatic carbocycles. The van der Waals surface area contributed by atoms with Crippen LogP contribution in [0.3, 0.4) is 0 Å². The molecule has 6 nitrogen and oxygen atoms in total. The number of hydrogen-bond acceptors (Lipinski definition) is 6. The fraction of sp³-hybridized carbons (Fsp3) is 0.364. The summed E-state index contributed by atoms with van der Waals surface area (Å²) >= 11 is 1.59. The standard InChI is InChI=1S/C22H26N4O2S/c1-25-7-9-26(10-8-25)15-17-4-2-5-18(12-17)22-24-19(16-29-22)13-21(27)23-14-20-6-3-11-28-20/h2-6,11-12,16H,7-10,13-15H2,1H3,(H,23,27). The van der Waals surface area contributed by atoms with Crippen LogP contribution in [0, 0.1) is 0 Å². The molecule has 3 heterocycles. The Morgan fingerprint density at radius 3 is 2.86 bits per heavy atom. The molecule has 0 unspecified atom stereocenters. The van der Waals surface area contributed by atoms with Crippen molar-refractivity contribution in [3.63, 3.8) is 0 Å². The first-order valence-electron chi connectivity index (χ1n) is 9.89. The zero-order valence-corrected chi connectivity index (χ0v) is 17.5. The van der Waals surface area contributed by atoms with Crippen molar-refractivity contribution in [2.45, 2.75) is 19.5 Å². The lowest BCUT2D eigenvalue weighted by atomic mass is 10.1. The third kappa shape index (κ3) is 5.53. The predicted octanol–water partition coefficient (Wildman–Crippen LogP) is 3.01. The molecule has 0 bridgehead atoms. The van der Waals surface area contributed by atoms with Crippen molar-refractivity contribution < 1.29 is 9.21 Å². The highest BCUT2D eigenvalue weighted by molar-refractivity contribution is 7.13. The highest BCUT2D eigenvalue weighted by Crippen LogP contribution is 2.25. The quantitative estimate of drug-likeness (QED) is 0.649. The van der Waals surface area contributed by atoms with E-state index in [1.54, 1.807) is 17.6 Å². The van der Waals surface area contributed by atoms with E-state index in [9.17, 15) is 4.79 Å². The van der Waals surface area contributed by atoms with E-state index in [4.69, 9.17) is 4.42 Å². The Morgan fingerprint density at radius 1 is 1.21 bits per heavy atom. The van der Waals surface area contributed by atoms with Gasteiger partial charge in [-0.15, -0.1) is 11.3 Å². The van der Waals surface area contributed by atoms with Crippen LogP contribution in [0.15, 0.2) is 52.5 Å². The van der Waals surface area contributed by atoms with Gasteiger partial charge in [-0.25, -0.2) is 4.98 Å². The first-order valence-corrected chi connectivity index (χ1v) is 10.8. The number of carbonyl (C=O) groups is 1. The lowest BCUT2D eigenvalue weighted by molar-refractivity contribution is -0.120. The van der Waals surface area contributed by atoms with E-state index >= 15 is 0 Å². The Balaban J connectivity index is 1.34. The molecule has 1 amide bonds. The summed E-state index contributed by atoms with van der Waals surface area (Å²) < 4.78 is 5.23. The number of thiazole rings is 1. The topological polar surface area (TPSA) is 61.6 Å². The number of piperazine rings is 1. The van der Waals surface area contributed by atoms with Gasteiger partial charge < -0.3 is 14.6 Å². The molecule has 1 aliphatic heterocycles. The predicted molar refractivity (Wildman–Crippen MR) is 115 cm³/mol. The average Bonchev–Trinajstić information content (AvgIpc) is 3.41. The molecular formula is C22H26N4O2S. The fourth-order valence-corrected chi connectivity index (χ4v) is 4.23. The second kappa shape index (κ2) is 9.35. The molecule has 0 radical (unpaired) electrons. The number of rotatable bonds is 7. The van der Waals surface area contributed by atoms with E-state index in [-0.39, 0.29) is 12.3 Å². The molecule has 2 aromatic heterocycles. The molecule has 0 spiro atoms. The second-order valence-electron chi connectivity index (χ2n) is 7.46. The average molecular weight is 411 g/mol. The Morgan fingerprint density at radius 2 is 2.07 bits per heavy atom. The van der Waals surface area contributed by atoms with E-state index in [1.807, 2.05) is 17.5 Å². The molecule has 1 N–H and O–H groups in total. The van der Waals surface area contributed by atoms with Crippen LogP contribution in [-0.4, -0.2) is 53.9 Å². The van der Waals surface area contributed by atoms with Crippen molar-refractivity contribution in [3.8, 4) is 10.6 Å². The zero-order chi connectivity index (χ0) is 20.1. The van der Waals surface area contributed by atoms with Crippen LogP contribution in [0.25, 0.3) is 10.6 Å². The minimum absolute atomic E-state index is 0.0536. The number of hydrogen-bond donors (Lipinski definition) is 1. The Hall–Kier alpha value is -2.48. The molecule has 0 saturated carbocycles. The summed E-state index contributed by atoms with van der Waals surface area (Å²) in [6.07, 6.45) is 1.88. The lowest BCUT2D eigenvalue weighted by Crippen LogP contribution is -2.43. The normalized spacial score (nSPS) is 15.5. The smallest absolute Gasteiger partial charge is 0.226 e. The van der Waals surface area contributed by atoms with Crippen molar-refractivity contribution >= 4 is 17.2 Å². The van der Waals surface area contributed by atoms with Crippen LogP contribution in [0.5, 0.6) is 0 Å². The van der Waals surface area contributed by atoms with Crippen LogP contribution in [0.4, 0.5) is 0 Å². The van der Waals surface area contributed by atoms with Crippen molar-refractivity contribution in [2.24, 2.45) is 0 Å². The SMILES string of the molecule is CN1CCN(Cc2cccc(-c3nc(CC(=O)NCc4ccco4)cs3)c2)CC1. The first kappa shape index (κ1) is 19.8. The van der Waals surface area contributed by atoms with E-state index < -0.39 is 0 Å². The Bertz CT molecular complexity index is 930. The summed E-state index contributed by atoms with van der Waals surface area (Å²) in [5, 5.41) is 5.79. The van der Waals surface area contributed by atoms with Gasteiger partial charge in [0.15, 0.2) is 0 Å². The minimum Gasteiger partial charge on any atom is -0.467 e. The molecule has 7 heteroatoms. The van der Waals surface area contributed by atoms with Gasteiger partial charge in [-0.05, 0) is 30.8 Å². The number of nitrogens with zero attached hydrogens (tertiary/aromatic N) is 3. The van der Waals surface area contributed by atoms with Crippen molar-refractivity contribution in [1.82, 2.24) is 20.1 Å². The molecule has 29 heavy (non-hydrogen) atoms. The molecule has 1 fully saturated rings.